The zero-order valence-corrected chi connectivity index (χ0v) is 14.9. The molecule has 0 aliphatic carbocycles. The monoisotopic (exact) mass is 358 g/mol. The largest absolute Gasteiger partial charge is 0.371 e. The Hall–Kier alpha value is -1.85. The number of thiocarbonyl (C=S) groups is 1. The molecule has 0 amide bonds. The molecular weight excluding hydrogens is 339 g/mol. The first kappa shape index (κ1) is 17.0. The van der Waals surface area contributed by atoms with Crippen LogP contribution < -0.4 is 5.32 Å². The molecule has 0 saturated carbocycles. The van der Waals surface area contributed by atoms with Gasteiger partial charge in [0.25, 0.3) is 0 Å². The number of benzene rings is 2. The molecule has 0 aliphatic heterocycles. The van der Waals surface area contributed by atoms with Crippen LogP contribution in [0.4, 0.5) is 4.39 Å². The van der Waals surface area contributed by atoms with Crippen molar-refractivity contribution >= 4 is 39.2 Å². The lowest BCUT2D eigenvalue weighted by molar-refractivity contribution is 0.613. The molecule has 0 radical (unpaired) electrons. The van der Waals surface area contributed by atoms with Gasteiger partial charge in [0, 0.05) is 29.4 Å². The van der Waals surface area contributed by atoms with E-state index in [-0.39, 0.29) is 5.82 Å². The maximum atomic E-state index is 13.5. The lowest BCUT2D eigenvalue weighted by atomic mass is 10.1. The van der Waals surface area contributed by atoms with E-state index in [0.717, 1.165) is 34.1 Å². The first-order valence-electron chi connectivity index (χ1n) is 7.93. The third-order valence-corrected chi connectivity index (χ3v) is 5.21. The smallest absolute Gasteiger partial charge is 0.133 e. The zero-order valence-electron chi connectivity index (χ0n) is 13.2. The summed E-state index contributed by atoms with van der Waals surface area (Å²) in [6.07, 6.45) is 3.65. The topological polar surface area (TPSA) is 27.8 Å². The molecule has 0 spiro atoms. The van der Waals surface area contributed by atoms with Crippen molar-refractivity contribution in [2.45, 2.75) is 12.8 Å². The van der Waals surface area contributed by atoms with E-state index in [0.29, 0.717) is 6.42 Å². The lowest BCUT2D eigenvalue weighted by Gasteiger charge is -2.07. The highest BCUT2D eigenvalue weighted by Gasteiger charge is 2.04. The number of aromatic amines is 1. The Labute approximate surface area is 150 Å². The van der Waals surface area contributed by atoms with E-state index in [1.165, 1.54) is 17.0 Å². The second-order valence-corrected chi connectivity index (χ2v) is 7.29. The van der Waals surface area contributed by atoms with E-state index in [2.05, 4.69) is 34.7 Å². The Kier molecular flexibility index (Phi) is 5.88. The van der Waals surface area contributed by atoms with Gasteiger partial charge in [-0.15, -0.1) is 0 Å². The number of hydrogen-bond acceptors (Lipinski definition) is 2. The summed E-state index contributed by atoms with van der Waals surface area (Å²) in [4.78, 5) is 3.28. The second-order valence-electron chi connectivity index (χ2n) is 5.51. The third kappa shape index (κ3) is 4.36. The second kappa shape index (κ2) is 8.31. The molecule has 5 heteroatoms. The number of aromatic nitrogens is 1. The fourth-order valence-corrected chi connectivity index (χ4v) is 3.71. The van der Waals surface area contributed by atoms with Crippen LogP contribution in [0.3, 0.4) is 0 Å². The molecular formula is C19H19FN2S2. The van der Waals surface area contributed by atoms with Crippen LogP contribution in [0.1, 0.15) is 11.1 Å². The van der Waals surface area contributed by atoms with Crippen LogP contribution >= 0.6 is 24.0 Å². The van der Waals surface area contributed by atoms with Crippen LogP contribution in [0.15, 0.2) is 54.7 Å². The molecule has 2 aromatic carbocycles. The van der Waals surface area contributed by atoms with Gasteiger partial charge >= 0.3 is 0 Å². The Balaban J connectivity index is 1.41. The summed E-state index contributed by atoms with van der Waals surface area (Å²) in [5, 5.41) is 4.53. The molecule has 0 aliphatic rings. The van der Waals surface area contributed by atoms with E-state index in [1.54, 1.807) is 17.8 Å². The molecule has 3 rings (SSSR count). The standard InChI is InChI=1S/C19H19FN2S2/c20-17-7-3-1-5-14(17)10-12-24-19(23)21-11-9-15-13-22-18-8-4-2-6-16(15)18/h1-8,13,22H,9-12H2,(H,21,23). The van der Waals surface area contributed by atoms with Gasteiger partial charge in [-0.25, -0.2) is 4.39 Å². The SMILES string of the molecule is Fc1ccccc1CCSC(=S)NCCc1c[nH]c2ccccc12. The highest BCUT2D eigenvalue weighted by atomic mass is 32.2. The van der Waals surface area contributed by atoms with Gasteiger partial charge in [-0.1, -0.05) is 60.4 Å². The quantitative estimate of drug-likeness (QED) is 0.626. The van der Waals surface area contributed by atoms with Gasteiger partial charge in [0.1, 0.15) is 10.1 Å². The number of aryl methyl sites for hydroxylation is 1. The van der Waals surface area contributed by atoms with E-state index in [1.807, 2.05) is 18.2 Å². The van der Waals surface area contributed by atoms with Crippen molar-refractivity contribution in [3.63, 3.8) is 0 Å². The molecule has 0 saturated heterocycles. The minimum Gasteiger partial charge on any atom is -0.371 e. The van der Waals surface area contributed by atoms with E-state index >= 15 is 0 Å². The molecule has 0 atom stereocenters. The number of nitrogens with one attached hydrogen (secondary N) is 2. The molecule has 1 aromatic heterocycles. The van der Waals surface area contributed by atoms with Crippen molar-refractivity contribution in [2.24, 2.45) is 0 Å². The molecule has 3 aromatic rings. The molecule has 0 bridgehead atoms. The minimum absolute atomic E-state index is 0.142. The molecule has 2 nitrogen and oxygen atoms in total. The fourth-order valence-electron chi connectivity index (χ4n) is 2.64. The number of hydrogen-bond donors (Lipinski definition) is 2. The van der Waals surface area contributed by atoms with E-state index in [4.69, 9.17) is 12.2 Å². The van der Waals surface area contributed by atoms with Crippen molar-refractivity contribution in [1.82, 2.24) is 10.3 Å². The van der Waals surface area contributed by atoms with Gasteiger partial charge < -0.3 is 10.3 Å². The predicted molar refractivity (Wildman–Crippen MR) is 105 cm³/mol. The van der Waals surface area contributed by atoms with Gasteiger partial charge in [-0.05, 0) is 36.1 Å². The highest BCUT2D eigenvalue weighted by Crippen LogP contribution is 2.18. The van der Waals surface area contributed by atoms with Gasteiger partial charge in [0.2, 0.25) is 0 Å². The van der Waals surface area contributed by atoms with Gasteiger partial charge in [0.05, 0.1) is 0 Å². The summed E-state index contributed by atoms with van der Waals surface area (Å²) < 4.78 is 14.3. The van der Waals surface area contributed by atoms with Crippen LogP contribution in [-0.2, 0) is 12.8 Å². The lowest BCUT2D eigenvalue weighted by Crippen LogP contribution is -2.21. The molecule has 2 N–H and O–H groups in total. The van der Waals surface area contributed by atoms with Crippen molar-refractivity contribution in [1.29, 1.82) is 0 Å². The molecule has 124 valence electrons. The molecule has 24 heavy (non-hydrogen) atoms. The Morgan fingerprint density at radius 3 is 2.71 bits per heavy atom. The van der Waals surface area contributed by atoms with E-state index < -0.39 is 0 Å². The first-order chi connectivity index (χ1) is 11.7. The van der Waals surface area contributed by atoms with Gasteiger partial charge in [0.15, 0.2) is 0 Å². The van der Waals surface area contributed by atoms with Crippen molar-refractivity contribution in [3.8, 4) is 0 Å². The van der Waals surface area contributed by atoms with Gasteiger partial charge in [-0.3, -0.25) is 0 Å². The predicted octanol–water partition coefficient (Wildman–Crippen LogP) is 4.70. The van der Waals surface area contributed by atoms with Crippen LogP contribution in [0.2, 0.25) is 0 Å². The van der Waals surface area contributed by atoms with Crippen LogP contribution in [-0.4, -0.2) is 21.6 Å². The minimum atomic E-state index is -0.142. The Bertz CT molecular complexity index is 829. The van der Waals surface area contributed by atoms with E-state index in [9.17, 15) is 4.39 Å². The average molecular weight is 359 g/mol. The number of rotatable bonds is 6. The van der Waals surface area contributed by atoms with Crippen LogP contribution in [0.5, 0.6) is 0 Å². The maximum Gasteiger partial charge on any atom is 0.133 e. The third-order valence-electron chi connectivity index (χ3n) is 3.90. The maximum absolute atomic E-state index is 13.5. The van der Waals surface area contributed by atoms with Gasteiger partial charge in [-0.2, -0.15) is 0 Å². The number of thioether (sulfide) groups is 1. The van der Waals surface area contributed by atoms with Crippen LogP contribution in [0, 0.1) is 5.82 Å². The zero-order chi connectivity index (χ0) is 16.8. The molecule has 1 heterocycles. The number of halogens is 1. The first-order valence-corrected chi connectivity index (χ1v) is 9.32. The summed E-state index contributed by atoms with van der Waals surface area (Å²) in [6.45, 7) is 0.799. The van der Waals surface area contributed by atoms with Crippen molar-refractivity contribution < 1.29 is 4.39 Å². The fraction of sp³-hybridized carbons (Fsp3) is 0.211. The number of fused-ring (bicyclic) bond motifs is 1. The summed E-state index contributed by atoms with van der Waals surface area (Å²) >= 11 is 6.91. The van der Waals surface area contributed by atoms with Crippen LogP contribution in [0.25, 0.3) is 10.9 Å². The normalized spacial score (nSPS) is 10.9. The van der Waals surface area contributed by atoms with Crippen molar-refractivity contribution in [3.05, 3.63) is 71.7 Å². The average Bonchev–Trinajstić information content (AvgIpc) is 3.00. The highest BCUT2D eigenvalue weighted by molar-refractivity contribution is 8.22. The summed E-state index contributed by atoms with van der Waals surface area (Å²) in [5.74, 6) is 0.635. The number of H-pyrrole nitrogens is 1. The Morgan fingerprint density at radius 2 is 1.83 bits per heavy atom. The van der Waals surface area contributed by atoms with Crippen molar-refractivity contribution in [2.75, 3.05) is 12.3 Å². The molecule has 0 fully saturated rings. The number of para-hydroxylation sites is 1. The molecule has 0 unspecified atom stereocenters. The summed E-state index contributed by atoms with van der Waals surface area (Å²) in [7, 11) is 0. The summed E-state index contributed by atoms with van der Waals surface area (Å²) in [5.41, 5.74) is 3.19. The Morgan fingerprint density at radius 1 is 1.04 bits per heavy atom. The summed E-state index contributed by atoms with van der Waals surface area (Å²) in [6, 6.07) is 15.2.